The smallest absolute Gasteiger partial charge is 0.310 e. The van der Waals surface area contributed by atoms with Gasteiger partial charge in [0, 0.05) is 21.6 Å². The molecule has 0 unspecified atom stereocenters. The van der Waals surface area contributed by atoms with E-state index in [4.69, 9.17) is 4.74 Å². The molecule has 4 atom stereocenters. The first-order valence-electron chi connectivity index (χ1n) is 7.17. The summed E-state index contributed by atoms with van der Waals surface area (Å²) in [5.41, 5.74) is 1.28. The number of methoxy groups -OCH3 is 1. The van der Waals surface area contributed by atoms with Crippen molar-refractivity contribution in [3.63, 3.8) is 0 Å². The largest absolute Gasteiger partial charge is 0.469 e. The van der Waals surface area contributed by atoms with E-state index in [9.17, 15) is 4.79 Å². The first-order chi connectivity index (χ1) is 9.61. The van der Waals surface area contributed by atoms with E-state index >= 15 is 0 Å². The van der Waals surface area contributed by atoms with Crippen LogP contribution in [0.1, 0.15) is 30.7 Å². The molecule has 0 amide bonds. The molecule has 4 heteroatoms. The predicted octanol–water partition coefficient (Wildman–Crippen LogP) is 3.03. The van der Waals surface area contributed by atoms with Gasteiger partial charge in [0.05, 0.1) is 13.0 Å². The third-order valence-corrected chi connectivity index (χ3v) is 5.76. The number of piperidine rings is 1. The number of ether oxygens (including phenoxy) is 1. The number of benzene rings is 1. The number of rotatable bonds is 2. The molecule has 20 heavy (non-hydrogen) atoms. The van der Waals surface area contributed by atoms with Gasteiger partial charge in [-0.1, -0.05) is 12.1 Å². The SMILES string of the molecule is COC(=O)[C@H]1[C@@H](c2ccc(I)cc2)C[C@@H]2CC[C@@H]1N2C. The number of hydrogen-bond acceptors (Lipinski definition) is 3. The number of esters is 1. The Labute approximate surface area is 133 Å². The Hall–Kier alpha value is -0.620. The van der Waals surface area contributed by atoms with Crippen LogP contribution in [0.3, 0.4) is 0 Å². The van der Waals surface area contributed by atoms with E-state index in [1.54, 1.807) is 0 Å². The van der Waals surface area contributed by atoms with E-state index in [0.29, 0.717) is 18.0 Å². The Balaban J connectivity index is 1.95. The summed E-state index contributed by atoms with van der Waals surface area (Å²) in [5, 5.41) is 0. The van der Waals surface area contributed by atoms with Crippen molar-refractivity contribution in [1.82, 2.24) is 4.90 Å². The van der Waals surface area contributed by atoms with E-state index in [2.05, 4.69) is 58.8 Å². The molecule has 0 radical (unpaired) electrons. The second-order valence-electron chi connectivity index (χ2n) is 5.91. The standard InChI is InChI=1S/C16H20INO2/c1-18-12-7-8-14(18)15(16(19)20-2)13(9-12)10-3-5-11(17)6-4-10/h3-6,12-15H,7-9H2,1-2H3/t12-,13+,14-,15-/m0/s1. The molecule has 0 spiro atoms. The van der Waals surface area contributed by atoms with Crippen LogP contribution >= 0.6 is 22.6 Å². The summed E-state index contributed by atoms with van der Waals surface area (Å²) in [6.45, 7) is 0. The lowest BCUT2D eigenvalue weighted by Gasteiger charge is -2.41. The number of hydrogen-bond donors (Lipinski definition) is 0. The number of carbonyl (C=O) groups is 1. The maximum absolute atomic E-state index is 12.3. The summed E-state index contributed by atoms with van der Waals surface area (Å²) in [6, 6.07) is 9.56. The molecule has 2 bridgehead atoms. The fourth-order valence-corrected chi connectivity index (χ4v) is 4.34. The zero-order chi connectivity index (χ0) is 14.3. The van der Waals surface area contributed by atoms with Crippen LogP contribution in [0.5, 0.6) is 0 Å². The highest BCUT2D eigenvalue weighted by molar-refractivity contribution is 14.1. The van der Waals surface area contributed by atoms with Gasteiger partial charge >= 0.3 is 5.97 Å². The molecular formula is C16H20INO2. The van der Waals surface area contributed by atoms with Crippen LogP contribution in [0.15, 0.2) is 24.3 Å². The molecule has 3 nitrogen and oxygen atoms in total. The van der Waals surface area contributed by atoms with Gasteiger partial charge in [0.25, 0.3) is 0 Å². The fourth-order valence-electron chi connectivity index (χ4n) is 3.98. The lowest BCUT2D eigenvalue weighted by molar-refractivity contribution is -0.150. The molecule has 2 aliphatic heterocycles. The summed E-state index contributed by atoms with van der Waals surface area (Å²) in [4.78, 5) is 14.7. The highest BCUT2D eigenvalue weighted by Gasteiger charge is 2.49. The van der Waals surface area contributed by atoms with Gasteiger partial charge in [-0.2, -0.15) is 0 Å². The normalized spacial score (nSPS) is 33.1. The van der Waals surface area contributed by atoms with Gasteiger partial charge in [0.2, 0.25) is 0 Å². The summed E-state index contributed by atoms with van der Waals surface area (Å²) < 4.78 is 6.33. The Kier molecular flexibility index (Phi) is 4.04. The molecule has 1 aromatic rings. The molecule has 108 valence electrons. The average molecular weight is 385 g/mol. The van der Waals surface area contributed by atoms with Crippen molar-refractivity contribution >= 4 is 28.6 Å². The van der Waals surface area contributed by atoms with Crippen LogP contribution in [-0.4, -0.2) is 37.1 Å². The lowest BCUT2D eigenvalue weighted by Crippen LogP contribution is -2.49. The average Bonchev–Trinajstić information content (AvgIpc) is 2.70. The summed E-state index contributed by atoms with van der Waals surface area (Å²) >= 11 is 2.32. The zero-order valence-corrected chi connectivity index (χ0v) is 14.0. The maximum Gasteiger partial charge on any atom is 0.310 e. The Morgan fingerprint density at radius 1 is 1.30 bits per heavy atom. The highest BCUT2D eigenvalue weighted by atomic mass is 127. The van der Waals surface area contributed by atoms with Crippen molar-refractivity contribution in [2.75, 3.05) is 14.2 Å². The third kappa shape index (κ3) is 2.37. The Morgan fingerprint density at radius 2 is 2.00 bits per heavy atom. The number of carbonyl (C=O) groups excluding carboxylic acids is 1. The van der Waals surface area contributed by atoms with Gasteiger partial charge in [0.1, 0.15) is 0 Å². The van der Waals surface area contributed by atoms with Crippen molar-refractivity contribution in [3.8, 4) is 0 Å². The predicted molar refractivity (Wildman–Crippen MR) is 86.6 cm³/mol. The molecule has 1 aromatic carbocycles. The van der Waals surface area contributed by atoms with Crippen LogP contribution in [0.25, 0.3) is 0 Å². The molecule has 0 aromatic heterocycles. The van der Waals surface area contributed by atoms with E-state index in [-0.39, 0.29) is 11.9 Å². The molecule has 2 fully saturated rings. The maximum atomic E-state index is 12.3. The molecule has 3 rings (SSSR count). The second-order valence-corrected chi connectivity index (χ2v) is 7.15. The van der Waals surface area contributed by atoms with Crippen molar-refractivity contribution in [2.45, 2.75) is 37.3 Å². The number of halogens is 1. The molecule has 2 saturated heterocycles. The van der Waals surface area contributed by atoms with Gasteiger partial charge in [-0.05, 0) is 66.6 Å². The van der Waals surface area contributed by atoms with Gasteiger partial charge in [-0.15, -0.1) is 0 Å². The summed E-state index contributed by atoms with van der Waals surface area (Å²) in [6.07, 6.45) is 3.38. The second kappa shape index (κ2) is 5.64. The van der Waals surface area contributed by atoms with Gasteiger partial charge < -0.3 is 4.74 Å². The van der Waals surface area contributed by atoms with Crippen LogP contribution < -0.4 is 0 Å². The third-order valence-electron chi connectivity index (χ3n) is 5.04. The summed E-state index contributed by atoms with van der Waals surface area (Å²) in [5.74, 6) is 0.225. The monoisotopic (exact) mass is 385 g/mol. The van der Waals surface area contributed by atoms with Gasteiger partial charge in [-0.25, -0.2) is 0 Å². The quantitative estimate of drug-likeness (QED) is 0.579. The summed E-state index contributed by atoms with van der Waals surface area (Å²) in [7, 11) is 3.66. The molecule has 0 N–H and O–H groups in total. The number of fused-ring (bicyclic) bond motifs is 2. The topological polar surface area (TPSA) is 29.5 Å². The minimum absolute atomic E-state index is 0.0242. The number of nitrogens with zero attached hydrogens (tertiary/aromatic N) is 1. The minimum atomic E-state index is -0.0502. The van der Waals surface area contributed by atoms with Gasteiger partial charge in [-0.3, -0.25) is 9.69 Å². The van der Waals surface area contributed by atoms with Crippen LogP contribution in [0, 0.1) is 9.49 Å². The van der Waals surface area contributed by atoms with E-state index in [0.717, 1.165) is 12.8 Å². The molecule has 2 aliphatic rings. The lowest BCUT2D eigenvalue weighted by atomic mass is 9.76. The fraction of sp³-hybridized carbons (Fsp3) is 0.562. The van der Waals surface area contributed by atoms with E-state index in [1.165, 1.54) is 22.7 Å². The Morgan fingerprint density at radius 3 is 2.65 bits per heavy atom. The van der Waals surface area contributed by atoms with Crippen LogP contribution in [0.4, 0.5) is 0 Å². The van der Waals surface area contributed by atoms with Gasteiger partial charge in [0.15, 0.2) is 0 Å². The van der Waals surface area contributed by atoms with Crippen molar-refractivity contribution in [2.24, 2.45) is 5.92 Å². The molecule has 0 aliphatic carbocycles. The minimum Gasteiger partial charge on any atom is -0.469 e. The first kappa shape index (κ1) is 14.3. The Bertz CT molecular complexity index is 502. The zero-order valence-electron chi connectivity index (χ0n) is 11.9. The van der Waals surface area contributed by atoms with Crippen LogP contribution in [-0.2, 0) is 9.53 Å². The van der Waals surface area contributed by atoms with Crippen molar-refractivity contribution in [3.05, 3.63) is 33.4 Å². The van der Waals surface area contributed by atoms with E-state index < -0.39 is 0 Å². The van der Waals surface area contributed by atoms with Crippen LogP contribution in [0.2, 0.25) is 0 Å². The highest BCUT2D eigenvalue weighted by Crippen LogP contribution is 2.46. The van der Waals surface area contributed by atoms with Crippen molar-refractivity contribution in [1.29, 1.82) is 0 Å². The first-order valence-corrected chi connectivity index (χ1v) is 8.25. The molecular weight excluding hydrogens is 365 g/mol. The molecule has 2 heterocycles. The van der Waals surface area contributed by atoms with E-state index in [1.807, 2.05) is 0 Å². The molecule has 0 saturated carbocycles. The van der Waals surface area contributed by atoms with Crippen molar-refractivity contribution < 1.29 is 9.53 Å².